The minimum absolute atomic E-state index is 0.191. The van der Waals surface area contributed by atoms with Crippen molar-refractivity contribution in [2.24, 2.45) is 5.73 Å². The molecule has 1 aromatic carbocycles. The molecule has 4 fully saturated rings. The fourth-order valence-corrected chi connectivity index (χ4v) is 9.44. The second-order valence-electron chi connectivity index (χ2n) is 11.2. The van der Waals surface area contributed by atoms with Gasteiger partial charge in [0.05, 0.1) is 11.2 Å². The number of carbonyl (C=O) groups is 5. The third-order valence-corrected chi connectivity index (χ3v) is 12.4. The van der Waals surface area contributed by atoms with Crippen molar-refractivity contribution in [1.82, 2.24) is 15.1 Å². The van der Waals surface area contributed by atoms with Gasteiger partial charge >= 0.3 is 11.9 Å². The summed E-state index contributed by atoms with van der Waals surface area (Å²) in [7, 11) is -3.80. The third kappa shape index (κ3) is 4.08. The molecular weight excluding hydrogens is 564 g/mol. The molecule has 0 aromatic heterocycles. The summed E-state index contributed by atoms with van der Waals surface area (Å²) in [5.41, 5.74) is 6.64. The molecule has 4 aliphatic heterocycles. The predicted molar refractivity (Wildman–Crippen MR) is 140 cm³/mol. The molecule has 0 bridgehead atoms. The maximum Gasteiger partial charge on any atom is 0.333 e. The molecule has 3 amide bonds. The van der Waals surface area contributed by atoms with Gasteiger partial charge in [0.25, 0.3) is 0 Å². The first-order valence-corrected chi connectivity index (χ1v) is 15.0. The van der Waals surface area contributed by atoms with Crippen LogP contribution in [0, 0.1) is 0 Å². The second-order valence-corrected chi connectivity index (χ2v) is 15.6. The maximum atomic E-state index is 13.0. The molecule has 5 rings (SSSR count). The fourth-order valence-electron chi connectivity index (χ4n) is 5.69. The Hall–Kier alpha value is -3.17. The number of ether oxygens (including phenoxy) is 2. The Morgan fingerprint density at radius 2 is 1.65 bits per heavy atom. The first-order chi connectivity index (χ1) is 18.6. The smallest absolute Gasteiger partial charge is 0.333 e. The summed E-state index contributed by atoms with van der Waals surface area (Å²) >= 11 is 1.31. The van der Waals surface area contributed by atoms with Crippen LogP contribution < -0.4 is 11.1 Å². The third-order valence-electron chi connectivity index (χ3n) is 8.00. The van der Waals surface area contributed by atoms with E-state index in [0.717, 1.165) is 4.90 Å². The molecule has 4 saturated heterocycles. The number of sulfone groups is 1. The van der Waals surface area contributed by atoms with Crippen molar-refractivity contribution in [3.63, 3.8) is 0 Å². The van der Waals surface area contributed by atoms with Gasteiger partial charge in [-0.25, -0.2) is 18.0 Å². The minimum Gasteiger partial charge on any atom is -0.426 e. The van der Waals surface area contributed by atoms with Crippen molar-refractivity contribution >= 4 is 51.3 Å². The van der Waals surface area contributed by atoms with Gasteiger partial charge in [0.2, 0.25) is 24.5 Å². The van der Waals surface area contributed by atoms with E-state index < -0.39 is 90.7 Å². The first-order valence-electron chi connectivity index (χ1n) is 12.6. The zero-order chi connectivity index (χ0) is 29.4. The number of β-lactam (4-membered cyclic amide) rings is 2. The molecule has 216 valence electrons. The van der Waals surface area contributed by atoms with Crippen molar-refractivity contribution < 1.29 is 41.9 Å². The number of fused-ring (bicyclic) bond motifs is 2. The van der Waals surface area contributed by atoms with Crippen LogP contribution in [0.2, 0.25) is 0 Å². The number of nitrogens with two attached hydrogens (primary N) is 1. The summed E-state index contributed by atoms with van der Waals surface area (Å²) in [6.45, 7) is 5.37. The van der Waals surface area contributed by atoms with Crippen molar-refractivity contribution in [1.29, 1.82) is 0 Å². The Morgan fingerprint density at radius 3 is 2.25 bits per heavy atom. The molecule has 15 heteroatoms. The van der Waals surface area contributed by atoms with Crippen LogP contribution in [0.15, 0.2) is 30.3 Å². The molecule has 6 atom stereocenters. The van der Waals surface area contributed by atoms with Gasteiger partial charge in [-0.1, -0.05) is 30.3 Å². The van der Waals surface area contributed by atoms with E-state index in [1.807, 2.05) is 0 Å². The van der Waals surface area contributed by atoms with E-state index >= 15 is 0 Å². The fraction of sp³-hybridized carbons (Fsp3) is 0.560. The second kappa shape index (κ2) is 9.45. The molecule has 3 N–H and O–H groups in total. The van der Waals surface area contributed by atoms with Crippen molar-refractivity contribution in [3.8, 4) is 0 Å². The Morgan fingerprint density at radius 1 is 1.05 bits per heavy atom. The summed E-state index contributed by atoms with van der Waals surface area (Å²) in [4.78, 5) is 65.9. The maximum absolute atomic E-state index is 13.0. The van der Waals surface area contributed by atoms with Gasteiger partial charge in [-0.05, 0) is 33.3 Å². The largest absolute Gasteiger partial charge is 0.426 e. The van der Waals surface area contributed by atoms with E-state index in [9.17, 15) is 32.4 Å². The lowest BCUT2D eigenvalue weighted by Crippen LogP contribution is -2.71. The number of thioether (sulfide) groups is 1. The first kappa shape index (κ1) is 28.4. The van der Waals surface area contributed by atoms with Gasteiger partial charge in [0, 0.05) is 4.75 Å². The summed E-state index contributed by atoms with van der Waals surface area (Å²) < 4.78 is 33.3. The highest BCUT2D eigenvalue weighted by atomic mass is 32.2. The van der Waals surface area contributed by atoms with Gasteiger partial charge in [-0.15, -0.1) is 11.8 Å². The van der Waals surface area contributed by atoms with Crippen LogP contribution in [-0.2, 0) is 43.3 Å². The zero-order valence-corrected chi connectivity index (χ0v) is 23.9. The number of benzene rings is 1. The molecule has 4 aliphatic rings. The molecule has 4 heterocycles. The Balaban J connectivity index is 1.19. The average molecular weight is 595 g/mol. The van der Waals surface area contributed by atoms with Crippen molar-refractivity contribution in [2.75, 3.05) is 6.79 Å². The Bertz CT molecular complexity index is 1400. The number of hydrogen-bond acceptors (Lipinski definition) is 11. The lowest BCUT2D eigenvalue weighted by Gasteiger charge is -2.44. The summed E-state index contributed by atoms with van der Waals surface area (Å²) in [5.74, 6) is -3.32. The monoisotopic (exact) mass is 594 g/mol. The average Bonchev–Trinajstić information content (AvgIpc) is 3.22. The highest BCUT2D eigenvalue weighted by molar-refractivity contribution is 8.01. The molecule has 0 aliphatic carbocycles. The van der Waals surface area contributed by atoms with Crippen LogP contribution in [0.25, 0.3) is 0 Å². The zero-order valence-electron chi connectivity index (χ0n) is 22.2. The number of carbonyl (C=O) groups excluding carboxylic acids is 5. The van der Waals surface area contributed by atoms with E-state index in [4.69, 9.17) is 15.2 Å². The number of amides is 3. The van der Waals surface area contributed by atoms with Crippen LogP contribution in [0.4, 0.5) is 0 Å². The number of esters is 2. The van der Waals surface area contributed by atoms with E-state index in [1.54, 1.807) is 44.2 Å². The van der Waals surface area contributed by atoms with Gasteiger partial charge < -0.3 is 30.3 Å². The number of rotatable bonds is 7. The molecule has 1 aromatic rings. The molecule has 0 unspecified atom stereocenters. The molecule has 0 saturated carbocycles. The Labute approximate surface area is 235 Å². The normalized spacial score (nSPS) is 31.3. The highest BCUT2D eigenvalue weighted by Crippen LogP contribution is 2.51. The van der Waals surface area contributed by atoms with Crippen LogP contribution in [0.3, 0.4) is 0 Å². The standard InChI is InChI=1S/C25H30N4O9S2/c1-24(2)17(29-20(32)16(21(29)39-24)27-19(31)15(26)12-8-6-5-7-9-12)22(33)37-11-38-23(34)18-25(3,4)40(35,36)14-10-13(30)28(14)18/h5-9,14-18,21H,10-11,26H2,1-4H3,(H,27,31)/t14-,15-,16+,17+,18+,21-/m1/s1. The molecule has 40 heavy (non-hydrogen) atoms. The van der Waals surface area contributed by atoms with E-state index in [-0.39, 0.29) is 6.42 Å². The number of nitrogens with zero attached hydrogens (tertiary/aromatic N) is 2. The quantitative estimate of drug-likeness (QED) is 0.234. The van der Waals surface area contributed by atoms with E-state index in [2.05, 4.69) is 5.32 Å². The lowest BCUT2D eigenvalue weighted by atomic mass is 9.95. The Kier molecular flexibility index (Phi) is 6.70. The van der Waals surface area contributed by atoms with Gasteiger partial charge in [-0.2, -0.15) is 0 Å². The SMILES string of the molecule is CC1(C)S[C@@H]2[C@@H](NC(=O)[C@H](N)c3ccccc3)C(=O)N2[C@H]1C(=O)OCOC(=O)[C@@H]1N2C(=O)C[C@H]2S(=O)(=O)C1(C)C. The van der Waals surface area contributed by atoms with Gasteiger partial charge in [-0.3, -0.25) is 14.4 Å². The molecule has 0 spiro atoms. The van der Waals surface area contributed by atoms with Crippen molar-refractivity contribution in [3.05, 3.63) is 35.9 Å². The molecular formula is C25H30N4O9S2. The number of hydrogen-bond donors (Lipinski definition) is 2. The highest BCUT2D eigenvalue weighted by Gasteiger charge is 2.68. The summed E-state index contributed by atoms with van der Waals surface area (Å²) in [6, 6.07) is 4.45. The minimum atomic E-state index is -3.80. The number of nitrogens with one attached hydrogen (secondary N) is 1. The van der Waals surface area contributed by atoms with Crippen LogP contribution >= 0.6 is 11.8 Å². The van der Waals surface area contributed by atoms with E-state index in [1.165, 1.54) is 30.5 Å². The molecule has 13 nitrogen and oxygen atoms in total. The van der Waals surface area contributed by atoms with E-state index in [0.29, 0.717) is 5.56 Å². The summed E-state index contributed by atoms with van der Waals surface area (Å²) in [5, 5.41) is 1.07. The summed E-state index contributed by atoms with van der Waals surface area (Å²) in [6.07, 6.45) is -0.191. The molecule has 0 radical (unpaired) electrons. The van der Waals surface area contributed by atoms with Crippen LogP contribution in [0.1, 0.15) is 45.7 Å². The van der Waals surface area contributed by atoms with Crippen LogP contribution in [0.5, 0.6) is 0 Å². The topological polar surface area (TPSA) is 182 Å². The van der Waals surface area contributed by atoms with Crippen molar-refractivity contribution in [2.45, 2.75) is 78.5 Å². The van der Waals surface area contributed by atoms with Gasteiger partial charge in [0.15, 0.2) is 9.84 Å². The van der Waals surface area contributed by atoms with Crippen LogP contribution in [-0.4, -0.2) is 93.0 Å². The van der Waals surface area contributed by atoms with Gasteiger partial charge in [0.1, 0.15) is 34.9 Å². The lowest BCUT2D eigenvalue weighted by molar-refractivity contribution is -0.181. The predicted octanol–water partition coefficient (Wildman–Crippen LogP) is -0.589.